The van der Waals surface area contributed by atoms with Crippen LogP contribution >= 0.6 is 0 Å². The third-order valence-electron chi connectivity index (χ3n) is 7.56. The Hall–Kier alpha value is -1.20. The molecule has 4 nitrogen and oxygen atoms in total. The van der Waals surface area contributed by atoms with Gasteiger partial charge in [-0.15, -0.1) is 0 Å². The first kappa shape index (κ1) is 19.1. The second kappa shape index (κ2) is 6.70. The molecule has 0 N–H and O–H groups in total. The van der Waals surface area contributed by atoms with Crippen molar-refractivity contribution in [3.8, 4) is 0 Å². The molecule has 2 unspecified atom stereocenters. The number of hydrogen-bond donors (Lipinski definition) is 0. The number of ether oxygens (including phenoxy) is 1. The molecule has 4 aliphatic carbocycles. The van der Waals surface area contributed by atoms with Gasteiger partial charge in [0.05, 0.1) is 6.42 Å². The molecule has 27 heavy (non-hydrogen) atoms. The molecule has 5 rings (SSSR count). The van der Waals surface area contributed by atoms with Crippen molar-refractivity contribution in [3.63, 3.8) is 0 Å². The molecule has 1 saturated heterocycles. The van der Waals surface area contributed by atoms with E-state index in [1.54, 1.807) is 0 Å². The Balaban J connectivity index is 1.40. The van der Waals surface area contributed by atoms with Gasteiger partial charge in [0.1, 0.15) is 0 Å². The van der Waals surface area contributed by atoms with Gasteiger partial charge >= 0.3 is 5.97 Å². The highest BCUT2D eigenvalue weighted by atomic mass is 19.3. The van der Waals surface area contributed by atoms with Gasteiger partial charge in [0.25, 0.3) is 5.92 Å². The molecule has 5 fully saturated rings. The standard InChI is InChI=1S/C21H31F2NO3/c1-13(20(2,22)23)27-19(26)8-14-3-4-18(25)24(12-14)21-9-15-5-16(10-21)7-17(6-15)11-21/h13-17H,3-12H2,1-2H3. The zero-order chi connectivity index (χ0) is 19.4. The van der Waals surface area contributed by atoms with E-state index in [2.05, 4.69) is 4.90 Å². The van der Waals surface area contributed by atoms with E-state index in [0.29, 0.717) is 19.4 Å². The molecule has 4 bridgehead atoms. The van der Waals surface area contributed by atoms with Gasteiger partial charge in [0, 0.05) is 25.4 Å². The molecule has 1 heterocycles. The number of alkyl halides is 2. The monoisotopic (exact) mass is 383 g/mol. The molecule has 0 aromatic heterocycles. The van der Waals surface area contributed by atoms with Crippen LogP contribution in [0.1, 0.15) is 71.6 Å². The second-order valence-corrected chi connectivity index (χ2v) is 9.84. The normalized spacial score (nSPS) is 39.6. The van der Waals surface area contributed by atoms with Crippen molar-refractivity contribution in [2.45, 2.75) is 89.2 Å². The summed E-state index contributed by atoms with van der Waals surface area (Å²) in [5, 5.41) is 0. The minimum Gasteiger partial charge on any atom is -0.456 e. The molecule has 0 aromatic carbocycles. The van der Waals surface area contributed by atoms with Gasteiger partial charge in [-0.3, -0.25) is 9.59 Å². The average Bonchev–Trinajstić information content (AvgIpc) is 2.54. The topological polar surface area (TPSA) is 46.6 Å². The number of halogens is 2. The van der Waals surface area contributed by atoms with Gasteiger partial charge in [-0.2, -0.15) is 0 Å². The van der Waals surface area contributed by atoms with Crippen LogP contribution in [0.4, 0.5) is 8.78 Å². The Bertz CT molecular complexity index is 580. The molecule has 0 aromatic rings. The van der Waals surface area contributed by atoms with Gasteiger partial charge in [0.15, 0.2) is 6.10 Å². The molecular formula is C21H31F2NO3. The molecule has 5 aliphatic rings. The van der Waals surface area contributed by atoms with Crippen LogP contribution in [0, 0.1) is 23.7 Å². The van der Waals surface area contributed by atoms with Crippen LogP contribution in [0.2, 0.25) is 0 Å². The predicted molar refractivity (Wildman–Crippen MR) is 96.1 cm³/mol. The minimum absolute atomic E-state index is 0.00184. The van der Waals surface area contributed by atoms with Gasteiger partial charge in [-0.25, -0.2) is 8.78 Å². The number of likely N-dealkylation sites (tertiary alicyclic amines) is 1. The number of amides is 1. The fraction of sp³-hybridized carbons (Fsp3) is 0.905. The third kappa shape index (κ3) is 3.73. The zero-order valence-electron chi connectivity index (χ0n) is 16.4. The van der Waals surface area contributed by atoms with E-state index < -0.39 is 18.0 Å². The molecule has 0 radical (unpaired) electrons. The maximum atomic E-state index is 13.3. The van der Waals surface area contributed by atoms with Crippen LogP contribution < -0.4 is 0 Å². The highest BCUT2D eigenvalue weighted by molar-refractivity contribution is 5.78. The summed E-state index contributed by atoms with van der Waals surface area (Å²) in [6.45, 7) is 2.57. The summed E-state index contributed by atoms with van der Waals surface area (Å²) in [5.41, 5.74) is -0.00184. The molecular weight excluding hydrogens is 352 g/mol. The average molecular weight is 383 g/mol. The summed E-state index contributed by atoms with van der Waals surface area (Å²) < 4.78 is 31.5. The highest BCUT2D eigenvalue weighted by Crippen LogP contribution is 2.58. The highest BCUT2D eigenvalue weighted by Gasteiger charge is 2.55. The largest absolute Gasteiger partial charge is 0.456 e. The Kier molecular flexibility index (Phi) is 4.75. The lowest BCUT2D eigenvalue weighted by Gasteiger charge is -2.61. The first-order chi connectivity index (χ1) is 12.6. The quantitative estimate of drug-likeness (QED) is 0.670. The molecule has 0 spiro atoms. The van der Waals surface area contributed by atoms with Gasteiger partial charge in [-0.05, 0) is 75.5 Å². The van der Waals surface area contributed by atoms with Crippen molar-refractivity contribution in [1.82, 2.24) is 4.90 Å². The molecule has 1 amide bonds. The maximum absolute atomic E-state index is 13.3. The number of carbonyl (C=O) groups is 2. The van der Waals surface area contributed by atoms with Crippen LogP contribution in [0.5, 0.6) is 0 Å². The van der Waals surface area contributed by atoms with Crippen LogP contribution in [-0.4, -0.2) is 40.9 Å². The molecule has 4 saturated carbocycles. The summed E-state index contributed by atoms with van der Waals surface area (Å²) in [6.07, 6.45) is 7.10. The number of nitrogens with zero attached hydrogens (tertiary/aromatic N) is 1. The zero-order valence-corrected chi connectivity index (χ0v) is 16.4. The lowest BCUT2D eigenvalue weighted by Crippen LogP contribution is -2.63. The van der Waals surface area contributed by atoms with Crippen molar-refractivity contribution in [3.05, 3.63) is 0 Å². The van der Waals surface area contributed by atoms with Crippen molar-refractivity contribution in [1.29, 1.82) is 0 Å². The van der Waals surface area contributed by atoms with Crippen LogP contribution in [0.25, 0.3) is 0 Å². The minimum atomic E-state index is -3.04. The van der Waals surface area contributed by atoms with Crippen molar-refractivity contribution in [2.75, 3.05) is 6.54 Å². The number of carbonyl (C=O) groups excluding carboxylic acids is 2. The fourth-order valence-electron chi connectivity index (χ4n) is 6.52. The van der Waals surface area contributed by atoms with E-state index in [-0.39, 0.29) is 23.8 Å². The first-order valence-corrected chi connectivity index (χ1v) is 10.5. The Labute approximate surface area is 160 Å². The summed E-state index contributed by atoms with van der Waals surface area (Å²) >= 11 is 0. The van der Waals surface area contributed by atoms with E-state index in [1.807, 2.05) is 0 Å². The van der Waals surface area contributed by atoms with E-state index in [9.17, 15) is 18.4 Å². The Morgan fingerprint density at radius 3 is 2.30 bits per heavy atom. The Morgan fingerprint density at radius 1 is 1.22 bits per heavy atom. The smallest absolute Gasteiger partial charge is 0.306 e. The lowest BCUT2D eigenvalue weighted by atomic mass is 9.52. The summed E-state index contributed by atoms with van der Waals surface area (Å²) in [5.74, 6) is -1.13. The number of esters is 1. The van der Waals surface area contributed by atoms with Crippen molar-refractivity contribution < 1.29 is 23.1 Å². The fourth-order valence-corrected chi connectivity index (χ4v) is 6.52. The summed E-state index contributed by atoms with van der Waals surface area (Å²) in [6, 6.07) is 0. The summed E-state index contributed by atoms with van der Waals surface area (Å²) in [7, 11) is 0. The molecule has 1 aliphatic heterocycles. The van der Waals surface area contributed by atoms with Crippen LogP contribution in [-0.2, 0) is 14.3 Å². The van der Waals surface area contributed by atoms with E-state index >= 15 is 0 Å². The molecule has 152 valence electrons. The van der Waals surface area contributed by atoms with Crippen molar-refractivity contribution in [2.24, 2.45) is 23.7 Å². The molecule has 2 atom stereocenters. The Morgan fingerprint density at radius 2 is 1.78 bits per heavy atom. The SMILES string of the molecule is CC(OC(=O)CC1CCC(=O)N(C23CC4CC(CC(C4)C2)C3)C1)C(C)(F)F. The van der Waals surface area contributed by atoms with Crippen LogP contribution in [0.3, 0.4) is 0 Å². The number of rotatable bonds is 5. The van der Waals surface area contributed by atoms with E-state index in [1.165, 1.54) is 26.2 Å². The van der Waals surface area contributed by atoms with Gasteiger partial charge in [-0.1, -0.05) is 0 Å². The maximum Gasteiger partial charge on any atom is 0.306 e. The third-order valence-corrected chi connectivity index (χ3v) is 7.56. The predicted octanol–water partition coefficient (Wildman–Crippen LogP) is 4.17. The van der Waals surface area contributed by atoms with Crippen LogP contribution in [0.15, 0.2) is 0 Å². The number of hydrogen-bond acceptors (Lipinski definition) is 3. The van der Waals surface area contributed by atoms with Gasteiger partial charge < -0.3 is 9.64 Å². The van der Waals surface area contributed by atoms with E-state index in [0.717, 1.165) is 43.9 Å². The van der Waals surface area contributed by atoms with E-state index in [4.69, 9.17) is 4.74 Å². The lowest BCUT2D eigenvalue weighted by molar-refractivity contribution is -0.171. The first-order valence-electron chi connectivity index (χ1n) is 10.5. The van der Waals surface area contributed by atoms with Crippen molar-refractivity contribution >= 4 is 11.9 Å². The molecule has 6 heteroatoms. The summed E-state index contributed by atoms with van der Waals surface area (Å²) in [4.78, 5) is 27.0. The number of piperidine rings is 1. The second-order valence-electron chi connectivity index (χ2n) is 9.84. The van der Waals surface area contributed by atoms with Gasteiger partial charge in [0.2, 0.25) is 5.91 Å².